The number of benzene rings is 1. The lowest BCUT2D eigenvalue weighted by Crippen LogP contribution is -2.27. The molecule has 1 aliphatic rings. The number of anilines is 1. The van der Waals surface area contributed by atoms with E-state index in [4.69, 9.17) is 0 Å². The van der Waals surface area contributed by atoms with Crippen LogP contribution in [-0.4, -0.2) is 45.6 Å². The first kappa shape index (κ1) is 19.2. The maximum atomic E-state index is 12.6. The summed E-state index contributed by atoms with van der Waals surface area (Å²) in [6.07, 6.45) is 1.86. The van der Waals surface area contributed by atoms with Gasteiger partial charge < -0.3 is 5.32 Å². The van der Waals surface area contributed by atoms with Crippen LogP contribution in [0, 0.1) is 0 Å². The van der Waals surface area contributed by atoms with Gasteiger partial charge in [0.05, 0.1) is 4.90 Å². The molecule has 1 fully saturated rings. The molecule has 0 bridgehead atoms. The normalized spacial score (nSPS) is 15.1. The Bertz CT molecular complexity index is 1260. The molecule has 0 aliphatic carbocycles. The van der Waals surface area contributed by atoms with Crippen LogP contribution in [0.4, 0.5) is 5.82 Å². The van der Waals surface area contributed by atoms with Crippen molar-refractivity contribution in [3.63, 3.8) is 0 Å². The molecule has 30 heavy (non-hydrogen) atoms. The van der Waals surface area contributed by atoms with Crippen LogP contribution in [-0.2, 0) is 16.6 Å². The van der Waals surface area contributed by atoms with Crippen molar-refractivity contribution in [3.05, 3.63) is 58.8 Å². The van der Waals surface area contributed by atoms with Crippen molar-refractivity contribution in [2.75, 3.05) is 18.4 Å². The predicted octanol–water partition coefficient (Wildman–Crippen LogP) is 3.25. The molecule has 0 saturated carbocycles. The molecule has 4 heterocycles. The molecule has 8 nitrogen and oxygen atoms in total. The Morgan fingerprint density at radius 1 is 1.00 bits per heavy atom. The van der Waals surface area contributed by atoms with E-state index in [1.807, 2.05) is 41.1 Å². The topological polar surface area (TPSA) is 92.5 Å². The van der Waals surface area contributed by atoms with Gasteiger partial charge in [0.1, 0.15) is 5.82 Å². The fraction of sp³-hybridized carbons (Fsp3) is 0.250. The second-order valence-corrected chi connectivity index (χ2v) is 9.85. The molecule has 3 aromatic heterocycles. The van der Waals surface area contributed by atoms with Gasteiger partial charge in [0.15, 0.2) is 11.5 Å². The van der Waals surface area contributed by atoms with Gasteiger partial charge in [-0.1, -0.05) is 12.1 Å². The highest BCUT2D eigenvalue weighted by Gasteiger charge is 2.26. The van der Waals surface area contributed by atoms with Crippen LogP contribution in [0.1, 0.15) is 18.4 Å². The summed E-state index contributed by atoms with van der Waals surface area (Å²) in [5, 5.41) is 20.3. The molecule has 154 valence electrons. The van der Waals surface area contributed by atoms with Crippen molar-refractivity contribution in [1.29, 1.82) is 0 Å². The molecule has 1 saturated heterocycles. The summed E-state index contributed by atoms with van der Waals surface area (Å²) < 4.78 is 28.6. The number of hydrogen-bond donors (Lipinski definition) is 1. The molecule has 0 radical (unpaired) electrons. The van der Waals surface area contributed by atoms with E-state index < -0.39 is 10.0 Å². The number of nitrogens with one attached hydrogen (secondary N) is 1. The molecule has 1 aromatic carbocycles. The van der Waals surface area contributed by atoms with E-state index in [0.29, 0.717) is 41.8 Å². The first-order chi connectivity index (χ1) is 14.6. The number of sulfonamides is 1. The SMILES string of the molecule is O=S(=O)(c1ccc(CNc2ccc3nnc(-c4ccsc4)n3n2)cc1)N1CCCC1. The lowest BCUT2D eigenvalue weighted by atomic mass is 10.2. The molecule has 0 atom stereocenters. The average molecular weight is 441 g/mol. The van der Waals surface area contributed by atoms with Crippen molar-refractivity contribution in [2.45, 2.75) is 24.3 Å². The minimum atomic E-state index is -3.38. The van der Waals surface area contributed by atoms with Crippen molar-refractivity contribution in [1.82, 2.24) is 24.1 Å². The molecule has 1 N–H and O–H groups in total. The van der Waals surface area contributed by atoms with Crippen LogP contribution in [0.2, 0.25) is 0 Å². The zero-order valence-corrected chi connectivity index (χ0v) is 17.7. The lowest BCUT2D eigenvalue weighted by Gasteiger charge is -2.15. The van der Waals surface area contributed by atoms with Crippen molar-refractivity contribution >= 4 is 32.8 Å². The third-order valence-corrected chi connectivity index (χ3v) is 7.74. The van der Waals surface area contributed by atoms with Gasteiger partial charge in [0.2, 0.25) is 10.0 Å². The van der Waals surface area contributed by atoms with Gasteiger partial charge in [-0.3, -0.25) is 0 Å². The summed E-state index contributed by atoms with van der Waals surface area (Å²) in [5.74, 6) is 1.39. The Balaban J connectivity index is 1.31. The number of nitrogens with zero attached hydrogens (tertiary/aromatic N) is 5. The molecule has 5 rings (SSSR count). The summed E-state index contributed by atoms with van der Waals surface area (Å²) >= 11 is 1.60. The van der Waals surface area contributed by atoms with Gasteiger partial charge in [-0.15, -0.1) is 15.3 Å². The second kappa shape index (κ2) is 7.78. The Labute approximate surface area is 178 Å². The fourth-order valence-electron chi connectivity index (χ4n) is 3.50. The molecule has 0 unspecified atom stereocenters. The Hall–Kier alpha value is -2.82. The molecule has 10 heteroatoms. The van der Waals surface area contributed by atoms with E-state index in [9.17, 15) is 8.42 Å². The summed E-state index contributed by atoms with van der Waals surface area (Å²) in [5.41, 5.74) is 2.63. The maximum Gasteiger partial charge on any atom is 0.243 e. The smallest absolute Gasteiger partial charge is 0.243 e. The number of rotatable bonds is 6. The Morgan fingerprint density at radius 2 is 1.80 bits per heavy atom. The van der Waals surface area contributed by atoms with Crippen LogP contribution in [0.15, 0.2) is 58.1 Å². The third kappa shape index (κ3) is 3.57. The van der Waals surface area contributed by atoms with E-state index in [-0.39, 0.29) is 0 Å². The van der Waals surface area contributed by atoms with E-state index in [1.54, 1.807) is 32.3 Å². The standard InChI is InChI=1S/C20H20N6O2S2/c27-30(28,25-10-1-2-11-25)17-5-3-15(4-6-17)13-21-18-7-8-19-22-23-20(26(19)24-18)16-9-12-29-14-16/h3-9,12,14H,1-2,10-11,13H2,(H,21,24). The first-order valence-electron chi connectivity index (χ1n) is 9.69. The monoisotopic (exact) mass is 440 g/mol. The summed E-state index contributed by atoms with van der Waals surface area (Å²) in [6.45, 7) is 1.74. The minimum absolute atomic E-state index is 0.345. The fourth-order valence-corrected chi connectivity index (χ4v) is 5.66. The third-order valence-electron chi connectivity index (χ3n) is 5.14. The first-order valence-corrected chi connectivity index (χ1v) is 12.1. The van der Waals surface area contributed by atoms with Crippen molar-refractivity contribution in [3.8, 4) is 11.4 Å². The zero-order valence-electron chi connectivity index (χ0n) is 16.1. The molecule has 1 aliphatic heterocycles. The van der Waals surface area contributed by atoms with E-state index >= 15 is 0 Å². The maximum absolute atomic E-state index is 12.6. The van der Waals surface area contributed by atoms with Crippen molar-refractivity contribution < 1.29 is 8.42 Å². The molecule has 0 spiro atoms. The highest BCUT2D eigenvalue weighted by atomic mass is 32.2. The molecule has 0 amide bonds. The number of aromatic nitrogens is 4. The second-order valence-electron chi connectivity index (χ2n) is 7.13. The Morgan fingerprint density at radius 3 is 2.53 bits per heavy atom. The summed E-state index contributed by atoms with van der Waals surface area (Å²) in [7, 11) is -3.38. The quantitative estimate of drug-likeness (QED) is 0.495. The van der Waals surface area contributed by atoms with Crippen LogP contribution >= 0.6 is 11.3 Å². The highest BCUT2D eigenvalue weighted by molar-refractivity contribution is 7.89. The van der Waals surface area contributed by atoms with Gasteiger partial charge >= 0.3 is 0 Å². The van der Waals surface area contributed by atoms with E-state index in [2.05, 4.69) is 20.6 Å². The zero-order chi connectivity index (χ0) is 20.6. The van der Waals surface area contributed by atoms with Gasteiger partial charge in [0.25, 0.3) is 0 Å². The number of fused-ring (bicyclic) bond motifs is 1. The molecular formula is C20H20N6O2S2. The highest BCUT2D eigenvalue weighted by Crippen LogP contribution is 2.22. The van der Waals surface area contributed by atoms with Crippen LogP contribution in [0.3, 0.4) is 0 Å². The Kier molecular flexibility index (Phi) is 4.97. The molecule has 4 aromatic rings. The van der Waals surface area contributed by atoms with Gasteiger partial charge in [0, 0.05) is 30.6 Å². The summed E-state index contributed by atoms with van der Waals surface area (Å²) in [6, 6.07) is 12.7. The number of hydrogen-bond acceptors (Lipinski definition) is 7. The molecular weight excluding hydrogens is 420 g/mol. The van der Waals surface area contributed by atoms with Crippen molar-refractivity contribution in [2.24, 2.45) is 0 Å². The van der Waals surface area contributed by atoms with Crippen LogP contribution < -0.4 is 5.32 Å². The largest absolute Gasteiger partial charge is 0.365 e. The van der Waals surface area contributed by atoms with Gasteiger partial charge in [-0.2, -0.15) is 20.2 Å². The average Bonchev–Trinajstić information content (AvgIpc) is 3.53. The van der Waals surface area contributed by atoms with Crippen LogP contribution in [0.5, 0.6) is 0 Å². The lowest BCUT2D eigenvalue weighted by molar-refractivity contribution is 0.477. The van der Waals surface area contributed by atoms with E-state index in [1.165, 1.54) is 0 Å². The van der Waals surface area contributed by atoms with Gasteiger partial charge in [-0.05, 0) is 54.1 Å². The minimum Gasteiger partial charge on any atom is -0.365 e. The summed E-state index contributed by atoms with van der Waals surface area (Å²) in [4.78, 5) is 0.345. The number of thiophene rings is 1. The van der Waals surface area contributed by atoms with E-state index in [0.717, 1.165) is 24.0 Å². The predicted molar refractivity (Wildman–Crippen MR) is 116 cm³/mol. The van der Waals surface area contributed by atoms with Crippen LogP contribution in [0.25, 0.3) is 17.0 Å². The van der Waals surface area contributed by atoms with Gasteiger partial charge in [-0.25, -0.2) is 8.42 Å².